The maximum absolute atomic E-state index is 6.68. The first-order chi connectivity index (χ1) is 29.7. The highest BCUT2D eigenvalue weighted by atomic mass is 16.3. The van der Waals surface area contributed by atoms with Crippen LogP contribution in [-0.2, 0) is 0 Å². The fraction of sp³-hybridized carbons (Fsp3) is 0. The van der Waals surface area contributed by atoms with Gasteiger partial charge >= 0.3 is 0 Å². The Morgan fingerprint density at radius 1 is 0.317 bits per heavy atom. The van der Waals surface area contributed by atoms with Crippen molar-refractivity contribution in [3.05, 3.63) is 218 Å². The topological polar surface area (TPSA) is 55.1 Å². The average molecular weight is 769 g/mol. The van der Waals surface area contributed by atoms with Gasteiger partial charge in [-0.05, 0) is 75.5 Å². The van der Waals surface area contributed by atoms with E-state index in [0.29, 0.717) is 17.5 Å². The van der Waals surface area contributed by atoms with Gasteiger partial charge in [-0.1, -0.05) is 170 Å². The number of anilines is 3. The van der Waals surface area contributed by atoms with E-state index in [1.54, 1.807) is 0 Å². The van der Waals surface area contributed by atoms with E-state index in [1.807, 2.05) is 54.6 Å². The first-order valence-electron chi connectivity index (χ1n) is 20.1. The SMILES string of the molecule is c1ccc(-c2ccc(-c3nc(-c4ccccc4)nc(-c4cccc5oc6cc(N(c7ccccc7)c7ccc(-c8cccc9ccccc89)cc7)ccc6c45)n3)cc2)cc1. The van der Waals surface area contributed by atoms with Crippen molar-refractivity contribution in [1.82, 2.24) is 15.0 Å². The van der Waals surface area contributed by atoms with Crippen molar-refractivity contribution in [1.29, 1.82) is 0 Å². The lowest BCUT2D eigenvalue weighted by Gasteiger charge is -2.25. The van der Waals surface area contributed by atoms with Crippen LogP contribution in [0, 0.1) is 0 Å². The highest BCUT2D eigenvalue weighted by molar-refractivity contribution is 6.12. The minimum atomic E-state index is 0.584. The molecule has 2 aromatic heterocycles. The molecule has 0 atom stereocenters. The number of para-hydroxylation sites is 1. The van der Waals surface area contributed by atoms with Gasteiger partial charge in [0.25, 0.3) is 0 Å². The molecule has 2 heterocycles. The fourth-order valence-corrected chi connectivity index (χ4v) is 8.22. The Kier molecular flexibility index (Phi) is 8.75. The van der Waals surface area contributed by atoms with Crippen molar-refractivity contribution < 1.29 is 4.42 Å². The summed E-state index contributed by atoms with van der Waals surface area (Å²) in [4.78, 5) is 17.5. The summed E-state index contributed by atoms with van der Waals surface area (Å²) in [6, 6.07) is 75.7. The number of rotatable bonds is 8. The molecule has 0 spiro atoms. The predicted molar refractivity (Wildman–Crippen MR) is 246 cm³/mol. The molecule has 11 rings (SSSR count). The van der Waals surface area contributed by atoms with Crippen molar-refractivity contribution in [3.8, 4) is 56.4 Å². The predicted octanol–water partition coefficient (Wildman–Crippen LogP) is 14.7. The van der Waals surface area contributed by atoms with Crippen molar-refractivity contribution in [2.45, 2.75) is 0 Å². The number of hydrogen-bond donors (Lipinski definition) is 0. The summed E-state index contributed by atoms with van der Waals surface area (Å²) in [5.41, 5.74) is 12.0. The van der Waals surface area contributed by atoms with Gasteiger partial charge in [-0.3, -0.25) is 0 Å². The zero-order chi connectivity index (χ0) is 39.8. The van der Waals surface area contributed by atoms with Crippen LogP contribution in [0.3, 0.4) is 0 Å². The molecule has 282 valence electrons. The summed E-state index contributed by atoms with van der Waals surface area (Å²) in [6.07, 6.45) is 0. The number of aromatic nitrogens is 3. The van der Waals surface area contributed by atoms with Gasteiger partial charge in [-0.25, -0.2) is 15.0 Å². The molecule has 0 saturated carbocycles. The lowest BCUT2D eigenvalue weighted by Crippen LogP contribution is -2.09. The van der Waals surface area contributed by atoms with E-state index in [0.717, 1.165) is 66.8 Å². The molecule has 11 aromatic rings. The second-order valence-electron chi connectivity index (χ2n) is 14.8. The molecule has 0 aliphatic heterocycles. The Labute approximate surface area is 347 Å². The maximum atomic E-state index is 6.68. The monoisotopic (exact) mass is 768 g/mol. The second-order valence-corrected chi connectivity index (χ2v) is 14.8. The van der Waals surface area contributed by atoms with Gasteiger partial charge in [0.1, 0.15) is 11.2 Å². The third-order valence-corrected chi connectivity index (χ3v) is 11.1. The first-order valence-corrected chi connectivity index (χ1v) is 20.1. The van der Waals surface area contributed by atoms with Gasteiger partial charge in [0.2, 0.25) is 0 Å². The summed E-state index contributed by atoms with van der Waals surface area (Å²) < 4.78 is 6.68. The minimum absolute atomic E-state index is 0.584. The van der Waals surface area contributed by atoms with Crippen LogP contribution in [0.15, 0.2) is 223 Å². The second kappa shape index (κ2) is 15.0. The normalized spacial score (nSPS) is 11.3. The van der Waals surface area contributed by atoms with E-state index in [9.17, 15) is 0 Å². The lowest BCUT2D eigenvalue weighted by molar-refractivity contribution is 0.669. The van der Waals surface area contributed by atoms with Crippen LogP contribution in [0.25, 0.3) is 89.1 Å². The van der Waals surface area contributed by atoms with E-state index in [4.69, 9.17) is 19.4 Å². The standard InChI is InChI=1S/C55H36N4O/c1-4-14-37(15-5-1)38-26-28-42(29-27-38)54-56-53(41-17-6-2-7-18-41)57-55(58-54)49-24-13-25-50-52(49)48-35-34-45(36-51(48)60-50)59(43-20-8-3-9-21-43)44-32-30-40(31-33-44)47-23-12-19-39-16-10-11-22-46(39)47/h1-36H. The van der Waals surface area contributed by atoms with Crippen molar-refractivity contribution in [2.75, 3.05) is 4.90 Å². The van der Waals surface area contributed by atoms with Crippen LogP contribution in [0.5, 0.6) is 0 Å². The molecule has 0 aliphatic carbocycles. The molecule has 5 heteroatoms. The molecule has 9 aromatic carbocycles. The number of fused-ring (bicyclic) bond motifs is 4. The van der Waals surface area contributed by atoms with Crippen LogP contribution in [0.2, 0.25) is 0 Å². The molecular weight excluding hydrogens is 733 g/mol. The van der Waals surface area contributed by atoms with E-state index in [1.165, 1.54) is 21.9 Å². The summed E-state index contributed by atoms with van der Waals surface area (Å²) in [5.74, 6) is 1.80. The molecule has 0 fully saturated rings. The van der Waals surface area contributed by atoms with E-state index >= 15 is 0 Å². The van der Waals surface area contributed by atoms with Gasteiger partial charge in [0.15, 0.2) is 17.5 Å². The van der Waals surface area contributed by atoms with Gasteiger partial charge in [-0.15, -0.1) is 0 Å². The van der Waals surface area contributed by atoms with E-state index in [-0.39, 0.29) is 0 Å². The van der Waals surface area contributed by atoms with Gasteiger partial charge < -0.3 is 9.32 Å². The van der Waals surface area contributed by atoms with Crippen LogP contribution in [0.1, 0.15) is 0 Å². The summed E-state index contributed by atoms with van der Waals surface area (Å²) in [5, 5.41) is 4.41. The molecule has 0 N–H and O–H groups in total. The Balaban J connectivity index is 1.01. The Morgan fingerprint density at radius 3 is 1.58 bits per heavy atom. The lowest BCUT2D eigenvalue weighted by atomic mass is 9.98. The fourth-order valence-electron chi connectivity index (χ4n) is 8.22. The maximum Gasteiger partial charge on any atom is 0.164 e. The largest absolute Gasteiger partial charge is 0.456 e. The minimum Gasteiger partial charge on any atom is -0.456 e. The third kappa shape index (κ3) is 6.45. The summed E-state index contributed by atoms with van der Waals surface area (Å²) in [6.45, 7) is 0. The molecule has 0 unspecified atom stereocenters. The molecule has 0 bridgehead atoms. The van der Waals surface area contributed by atoms with Crippen LogP contribution in [0.4, 0.5) is 17.1 Å². The third-order valence-electron chi connectivity index (χ3n) is 11.1. The van der Waals surface area contributed by atoms with Gasteiger partial charge in [-0.2, -0.15) is 0 Å². The highest BCUT2D eigenvalue weighted by Gasteiger charge is 2.20. The summed E-state index contributed by atoms with van der Waals surface area (Å²) >= 11 is 0. The van der Waals surface area contributed by atoms with E-state index < -0.39 is 0 Å². The van der Waals surface area contributed by atoms with Crippen molar-refractivity contribution in [2.24, 2.45) is 0 Å². The smallest absolute Gasteiger partial charge is 0.164 e. The van der Waals surface area contributed by atoms with Crippen LogP contribution in [-0.4, -0.2) is 15.0 Å². The highest BCUT2D eigenvalue weighted by Crippen LogP contribution is 2.42. The van der Waals surface area contributed by atoms with Gasteiger partial charge in [0.05, 0.1) is 0 Å². The Morgan fingerprint density at radius 2 is 0.833 bits per heavy atom. The molecule has 0 amide bonds. The molecule has 5 nitrogen and oxygen atoms in total. The average Bonchev–Trinajstić information content (AvgIpc) is 3.71. The van der Waals surface area contributed by atoms with Gasteiger partial charge in [0, 0.05) is 50.6 Å². The Hall–Kier alpha value is -8.15. The van der Waals surface area contributed by atoms with Crippen LogP contribution >= 0.6 is 0 Å². The zero-order valence-electron chi connectivity index (χ0n) is 32.5. The first kappa shape index (κ1) is 35.0. The number of benzene rings is 9. The van der Waals surface area contributed by atoms with Crippen LogP contribution < -0.4 is 4.90 Å². The quantitative estimate of drug-likeness (QED) is 0.154. The number of nitrogens with zero attached hydrogens (tertiary/aromatic N) is 4. The summed E-state index contributed by atoms with van der Waals surface area (Å²) in [7, 11) is 0. The molecule has 0 aliphatic rings. The molecule has 0 saturated heterocycles. The van der Waals surface area contributed by atoms with Crippen molar-refractivity contribution in [3.63, 3.8) is 0 Å². The number of hydrogen-bond acceptors (Lipinski definition) is 5. The zero-order valence-corrected chi connectivity index (χ0v) is 32.5. The molecular formula is C55H36N4O. The molecule has 0 radical (unpaired) electrons. The molecule has 60 heavy (non-hydrogen) atoms. The van der Waals surface area contributed by atoms with E-state index in [2.05, 4.69) is 169 Å². The number of furan rings is 1. The van der Waals surface area contributed by atoms with Crippen molar-refractivity contribution >= 4 is 49.8 Å². The Bertz CT molecular complexity index is 3290.